The summed E-state index contributed by atoms with van der Waals surface area (Å²) >= 11 is 1.73. The first-order valence-electron chi connectivity index (χ1n) is 7.27. The lowest BCUT2D eigenvalue weighted by Gasteiger charge is -2.44. The Morgan fingerprint density at radius 1 is 1.38 bits per heavy atom. The maximum atomic E-state index is 5.77. The minimum absolute atomic E-state index is 0.0711. The van der Waals surface area contributed by atoms with Gasteiger partial charge in [-0.1, -0.05) is 6.07 Å². The van der Waals surface area contributed by atoms with Gasteiger partial charge in [0.1, 0.15) is 5.01 Å². The minimum atomic E-state index is 0.0711. The molecule has 0 aromatic carbocycles. The Hall–Kier alpha value is -1.30. The van der Waals surface area contributed by atoms with Gasteiger partial charge in [-0.2, -0.15) is 0 Å². The lowest BCUT2D eigenvalue weighted by molar-refractivity contribution is -0.0946. The molecule has 0 spiro atoms. The van der Waals surface area contributed by atoms with Gasteiger partial charge >= 0.3 is 0 Å². The molecule has 1 fully saturated rings. The molecule has 1 aliphatic rings. The molecule has 3 rings (SSSR count). The average molecular weight is 303 g/mol. The van der Waals surface area contributed by atoms with Gasteiger partial charge in [-0.3, -0.25) is 9.88 Å². The van der Waals surface area contributed by atoms with Crippen molar-refractivity contribution < 1.29 is 4.74 Å². The molecule has 1 atom stereocenters. The summed E-state index contributed by atoms with van der Waals surface area (Å²) in [4.78, 5) is 12.6. The van der Waals surface area contributed by atoms with Gasteiger partial charge in [0.15, 0.2) is 0 Å². The van der Waals surface area contributed by atoms with E-state index in [9.17, 15) is 0 Å². The Balaban J connectivity index is 1.75. The number of hydrogen-bond acceptors (Lipinski definition) is 5. The van der Waals surface area contributed by atoms with Gasteiger partial charge in [-0.25, -0.2) is 4.98 Å². The third kappa shape index (κ3) is 3.31. The zero-order chi connectivity index (χ0) is 14.9. The lowest BCUT2D eigenvalue weighted by Crippen LogP contribution is -2.54. The van der Waals surface area contributed by atoms with E-state index in [1.807, 2.05) is 30.6 Å². The normalized spacial score (nSPS) is 22.3. The van der Waals surface area contributed by atoms with Crippen LogP contribution in [0.4, 0.5) is 0 Å². The summed E-state index contributed by atoms with van der Waals surface area (Å²) in [7, 11) is 0. The van der Waals surface area contributed by atoms with Crippen molar-refractivity contribution in [3.63, 3.8) is 0 Å². The number of nitrogens with zero attached hydrogens (tertiary/aromatic N) is 3. The van der Waals surface area contributed by atoms with Crippen LogP contribution in [0.1, 0.15) is 25.6 Å². The topological polar surface area (TPSA) is 38.2 Å². The highest BCUT2D eigenvalue weighted by atomic mass is 32.1. The summed E-state index contributed by atoms with van der Waals surface area (Å²) in [5, 5.41) is 0.990. The SMILES string of the molecule is C[C@H]1CN(Cc2cnc(-c3ccccn3)s2)C(C)(C)CO1. The summed E-state index contributed by atoms with van der Waals surface area (Å²) in [6.45, 7) is 9.27. The van der Waals surface area contributed by atoms with Crippen LogP contribution < -0.4 is 0 Å². The van der Waals surface area contributed by atoms with Crippen LogP contribution in [-0.2, 0) is 11.3 Å². The Kier molecular flexibility index (Phi) is 4.06. The molecule has 21 heavy (non-hydrogen) atoms. The van der Waals surface area contributed by atoms with Crippen LogP contribution in [0.5, 0.6) is 0 Å². The third-order valence-electron chi connectivity index (χ3n) is 3.84. The summed E-state index contributed by atoms with van der Waals surface area (Å²) in [5.74, 6) is 0. The molecule has 0 unspecified atom stereocenters. The smallest absolute Gasteiger partial charge is 0.142 e. The van der Waals surface area contributed by atoms with E-state index < -0.39 is 0 Å². The predicted octanol–water partition coefficient (Wildman–Crippen LogP) is 3.20. The Morgan fingerprint density at radius 2 is 2.24 bits per heavy atom. The van der Waals surface area contributed by atoms with Crippen LogP contribution in [0.2, 0.25) is 0 Å². The molecule has 2 aromatic rings. The molecule has 4 nitrogen and oxygen atoms in total. The maximum Gasteiger partial charge on any atom is 0.142 e. The second kappa shape index (κ2) is 5.83. The molecule has 112 valence electrons. The highest BCUT2D eigenvalue weighted by molar-refractivity contribution is 7.14. The molecule has 2 aromatic heterocycles. The van der Waals surface area contributed by atoms with E-state index in [1.54, 1.807) is 11.3 Å². The monoisotopic (exact) mass is 303 g/mol. The van der Waals surface area contributed by atoms with Crippen molar-refractivity contribution >= 4 is 11.3 Å². The van der Waals surface area contributed by atoms with E-state index in [1.165, 1.54) is 4.88 Å². The molecule has 0 saturated carbocycles. The van der Waals surface area contributed by atoms with Crippen molar-refractivity contribution in [1.82, 2.24) is 14.9 Å². The molecule has 3 heterocycles. The molecular formula is C16H21N3OS. The summed E-state index contributed by atoms with van der Waals surface area (Å²) < 4.78 is 5.77. The van der Waals surface area contributed by atoms with Crippen LogP contribution in [0.25, 0.3) is 10.7 Å². The average Bonchev–Trinajstić information content (AvgIpc) is 2.93. The molecule has 1 saturated heterocycles. The van der Waals surface area contributed by atoms with E-state index in [2.05, 4.69) is 35.6 Å². The van der Waals surface area contributed by atoms with Crippen molar-refractivity contribution in [3.05, 3.63) is 35.5 Å². The van der Waals surface area contributed by atoms with Gasteiger partial charge in [0.05, 0.1) is 18.4 Å². The number of morpholine rings is 1. The second-order valence-corrected chi connectivity index (χ2v) is 7.28. The molecule has 0 N–H and O–H groups in total. The number of aromatic nitrogens is 2. The Bertz CT molecular complexity index is 597. The third-order valence-corrected chi connectivity index (χ3v) is 4.84. The van der Waals surface area contributed by atoms with E-state index in [0.29, 0.717) is 6.10 Å². The number of rotatable bonds is 3. The van der Waals surface area contributed by atoms with Gasteiger partial charge in [-0.15, -0.1) is 11.3 Å². The van der Waals surface area contributed by atoms with Gasteiger partial charge < -0.3 is 4.74 Å². The van der Waals surface area contributed by atoms with E-state index in [4.69, 9.17) is 4.74 Å². The molecule has 0 bridgehead atoms. The minimum Gasteiger partial charge on any atom is -0.375 e. The second-order valence-electron chi connectivity index (χ2n) is 6.16. The number of pyridine rings is 1. The summed E-state index contributed by atoms with van der Waals surface area (Å²) in [6.07, 6.45) is 4.08. The molecule has 0 radical (unpaired) electrons. The van der Waals surface area contributed by atoms with Gasteiger partial charge in [0.25, 0.3) is 0 Å². The fourth-order valence-corrected chi connectivity index (χ4v) is 3.41. The highest BCUT2D eigenvalue weighted by Gasteiger charge is 2.33. The largest absolute Gasteiger partial charge is 0.375 e. The van der Waals surface area contributed by atoms with E-state index in [-0.39, 0.29) is 5.54 Å². The van der Waals surface area contributed by atoms with Crippen molar-refractivity contribution in [2.45, 2.75) is 39.0 Å². The molecular weight excluding hydrogens is 282 g/mol. The Labute approximate surface area is 129 Å². The first kappa shape index (κ1) is 14.6. The van der Waals surface area contributed by atoms with E-state index in [0.717, 1.165) is 30.4 Å². The highest BCUT2D eigenvalue weighted by Crippen LogP contribution is 2.28. The zero-order valence-corrected chi connectivity index (χ0v) is 13.6. The predicted molar refractivity (Wildman–Crippen MR) is 85.2 cm³/mol. The summed E-state index contributed by atoms with van der Waals surface area (Å²) in [5.41, 5.74) is 1.02. The van der Waals surface area contributed by atoms with Gasteiger partial charge in [0, 0.05) is 35.9 Å². The first-order valence-corrected chi connectivity index (χ1v) is 8.09. The van der Waals surface area contributed by atoms with Crippen LogP contribution >= 0.6 is 11.3 Å². The van der Waals surface area contributed by atoms with Crippen LogP contribution in [0.15, 0.2) is 30.6 Å². The fourth-order valence-electron chi connectivity index (χ4n) is 2.50. The molecule has 1 aliphatic heterocycles. The van der Waals surface area contributed by atoms with Crippen molar-refractivity contribution in [2.75, 3.05) is 13.2 Å². The van der Waals surface area contributed by atoms with Crippen molar-refractivity contribution in [1.29, 1.82) is 0 Å². The Morgan fingerprint density at radius 3 is 3.00 bits per heavy atom. The quantitative estimate of drug-likeness (QED) is 0.873. The van der Waals surface area contributed by atoms with Crippen molar-refractivity contribution in [2.24, 2.45) is 0 Å². The molecule has 0 amide bonds. The first-order chi connectivity index (χ1) is 10.0. The van der Waals surface area contributed by atoms with Crippen LogP contribution in [0.3, 0.4) is 0 Å². The number of hydrogen-bond donors (Lipinski definition) is 0. The lowest BCUT2D eigenvalue weighted by atomic mass is 10.0. The van der Waals surface area contributed by atoms with E-state index >= 15 is 0 Å². The molecule has 5 heteroatoms. The maximum absolute atomic E-state index is 5.77. The zero-order valence-electron chi connectivity index (χ0n) is 12.7. The van der Waals surface area contributed by atoms with Crippen LogP contribution in [0, 0.1) is 0 Å². The fraction of sp³-hybridized carbons (Fsp3) is 0.500. The summed E-state index contributed by atoms with van der Waals surface area (Å²) in [6, 6.07) is 5.93. The standard InChI is InChI=1S/C16H21N3OS/c1-12-9-19(16(2,3)11-20-12)10-13-8-18-15(21-13)14-6-4-5-7-17-14/h4-8,12H,9-11H2,1-3H3/t12-/m0/s1. The molecule has 0 aliphatic carbocycles. The van der Waals surface area contributed by atoms with Gasteiger partial charge in [-0.05, 0) is 32.9 Å². The number of ether oxygens (including phenoxy) is 1. The van der Waals surface area contributed by atoms with Gasteiger partial charge in [0.2, 0.25) is 0 Å². The number of thiazole rings is 1. The van der Waals surface area contributed by atoms with Crippen molar-refractivity contribution in [3.8, 4) is 10.7 Å². The van der Waals surface area contributed by atoms with Crippen LogP contribution in [-0.4, -0.2) is 39.7 Å².